The third-order valence-corrected chi connectivity index (χ3v) is 7.40. The maximum atomic E-state index is 13.3. The van der Waals surface area contributed by atoms with E-state index in [2.05, 4.69) is 21.9 Å². The van der Waals surface area contributed by atoms with Gasteiger partial charge in [0.05, 0.1) is 22.7 Å². The van der Waals surface area contributed by atoms with Crippen molar-refractivity contribution in [3.8, 4) is 22.8 Å². The highest BCUT2D eigenvalue weighted by molar-refractivity contribution is 6.09. The molecule has 0 spiro atoms. The molecule has 6 rings (SSSR count). The molecule has 1 fully saturated rings. The van der Waals surface area contributed by atoms with E-state index in [-0.39, 0.29) is 30.5 Å². The standard InChI is InChI=1S/C29H30N8O4/c1-4-22(38)36-13-7-8-17(14-36)37-28-23(27(30)31-15-32-28)24(34-37)19-11-12-20(26-25(19)40-16-41-26)33-29(39)18-9-5-6-10-21(18)35(2)3/h4-6,9-12,15,17H,1,7-8,13-14,16H2,2-3H3,(H,33,39)(H2,30,31,32)/t17-/m1/s1. The Morgan fingerprint density at radius 1 is 1.15 bits per heavy atom. The molecule has 4 aromatic rings. The number of rotatable bonds is 6. The summed E-state index contributed by atoms with van der Waals surface area (Å²) in [4.78, 5) is 38.0. The van der Waals surface area contributed by atoms with Gasteiger partial charge in [0, 0.05) is 38.4 Å². The van der Waals surface area contributed by atoms with E-state index in [9.17, 15) is 9.59 Å². The highest BCUT2D eigenvalue weighted by Gasteiger charge is 2.31. The number of ether oxygens (including phenoxy) is 2. The van der Waals surface area contributed by atoms with E-state index < -0.39 is 0 Å². The number of likely N-dealkylation sites (tertiary alicyclic amines) is 1. The monoisotopic (exact) mass is 554 g/mol. The van der Waals surface area contributed by atoms with Gasteiger partial charge < -0.3 is 30.3 Å². The summed E-state index contributed by atoms with van der Waals surface area (Å²) in [7, 11) is 3.77. The third kappa shape index (κ3) is 4.56. The number of benzene rings is 2. The lowest BCUT2D eigenvalue weighted by Crippen LogP contribution is -2.40. The van der Waals surface area contributed by atoms with Crippen molar-refractivity contribution in [1.29, 1.82) is 0 Å². The van der Waals surface area contributed by atoms with Crippen molar-refractivity contribution in [2.75, 3.05) is 49.9 Å². The molecule has 0 saturated carbocycles. The zero-order valence-electron chi connectivity index (χ0n) is 22.8. The van der Waals surface area contributed by atoms with Crippen LogP contribution in [0.2, 0.25) is 0 Å². The lowest BCUT2D eigenvalue weighted by Gasteiger charge is -2.32. The second-order valence-corrected chi connectivity index (χ2v) is 10.1. The van der Waals surface area contributed by atoms with E-state index in [1.807, 2.05) is 47.9 Å². The molecule has 2 aromatic heterocycles. The fourth-order valence-electron chi connectivity index (χ4n) is 5.45. The molecule has 12 heteroatoms. The lowest BCUT2D eigenvalue weighted by molar-refractivity contribution is -0.127. The van der Waals surface area contributed by atoms with E-state index in [4.69, 9.17) is 20.3 Å². The van der Waals surface area contributed by atoms with Gasteiger partial charge in [0.15, 0.2) is 17.1 Å². The van der Waals surface area contributed by atoms with Gasteiger partial charge in [0.25, 0.3) is 5.91 Å². The largest absolute Gasteiger partial charge is 0.453 e. The second-order valence-electron chi connectivity index (χ2n) is 10.1. The summed E-state index contributed by atoms with van der Waals surface area (Å²) in [5.41, 5.74) is 9.88. The SMILES string of the molecule is C=CC(=O)N1CCC[C@@H](n2nc(-c3ccc(NC(=O)c4ccccc4N(C)C)c4c3OCO4)c3c(N)ncnc32)C1. The Kier molecular flexibility index (Phi) is 6.66. The second kappa shape index (κ2) is 10.5. The fraction of sp³-hybridized carbons (Fsp3) is 0.276. The zero-order valence-corrected chi connectivity index (χ0v) is 22.8. The van der Waals surface area contributed by atoms with Crippen molar-refractivity contribution in [2.45, 2.75) is 18.9 Å². The van der Waals surface area contributed by atoms with Crippen molar-refractivity contribution in [1.82, 2.24) is 24.6 Å². The van der Waals surface area contributed by atoms with Crippen LogP contribution in [0.1, 0.15) is 29.2 Å². The topological polar surface area (TPSA) is 141 Å². The Labute approximate surface area is 236 Å². The van der Waals surface area contributed by atoms with Gasteiger partial charge in [-0.1, -0.05) is 18.7 Å². The first kappa shape index (κ1) is 26.1. The number of fused-ring (bicyclic) bond motifs is 2. The predicted octanol–water partition coefficient (Wildman–Crippen LogP) is 3.47. The summed E-state index contributed by atoms with van der Waals surface area (Å²) in [5, 5.41) is 8.50. The Bertz CT molecular complexity index is 1680. The first-order valence-corrected chi connectivity index (χ1v) is 13.3. The first-order valence-electron chi connectivity index (χ1n) is 13.3. The number of nitrogens with two attached hydrogens (primary N) is 1. The predicted molar refractivity (Wildman–Crippen MR) is 155 cm³/mol. The first-order chi connectivity index (χ1) is 19.9. The quantitative estimate of drug-likeness (QED) is 0.343. The number of nitrogens with zero attached hydrogens (tertiary/aromatic N) is 6. The van der Waals surface area contributed by atoms with Gasteiger partial charge in [-0.3, -0.25) is 9.59 Å². The number of nitrogens with one attached hydrogen (secondary N) is 1. The number of piperidine rings is 1. The normalized spacial score (nSPS) is 16.0. The van der Waals surface area contributed by atoms with E-state index in [0.29, 0.717) is 58.1 Å². The van der Waals surface area contributed by atoms with Gasteiger partial charge >= 0.3 is 0 Å². The number of hydrogen-bond acceptors (Lipinski definition) is 9. The van der Waals surface area contributed by atoms with Crippen LogP contribution < -0.4 is 25.4 Å². The number of nitrogen functional groups attached to an aromatic ring is 1. The summed E-state index contributed by atoms with van der Waals surface area (Å²) in [6.45, 7) is 4.74. The number of anilines is 3. The number of hydrogen-bond donors (Lipinski definition) is 2. The van der Waals surface area contributed by atoms with Crippen molar-refractivity contribution < 1.29 is 19.1 Å². The highest BCUT2D eigenvalue weighted by Crippen LogP contribution is 2.48. The Morgan fingerprint density at radius 2 is 1.95 bits per heavy atom. The van der Waals surface area contributed by atoms with E-state index in [1.165, 1.54) is 12.4 Å². The lowest BCUT2D eigenvalue weighted by atomic mass is 10.1. The van der Waals surface area contributed by atoms with E-state index in [0.717, 1.165) is 18.5 Å². The molecule has 1 saturated heterocycles. The third-order valence-electron chi connectivity index (χ3n) is 7.40. The molecule has 1 atom stereocenters. The maximum Gasteiger partial charge on any atom is 0.257 e. The molecule has 2 amide bonds. The van der Waals surface area contributed by atoms with Crippen LogP contribution in [0.5, 0.6) is 11.5 Å². The van der Waals surface area contributed by atoms with E-state index in [1.54, 1.807) is 17.0 Å². The van der Waals surface area contributed by atoms with Crippen LogP contribution in [0.3, 0.4) is 0 Å². The van der Waals surface area contributed by atoms with Gasteiger partial charge in [-0.15, -0.1) is 0 Å². The van der Waals surface area contributed by atoms with Crippen LogP contribution in [0, 0.1) is 0 Å². The smallest absolute Gasteiger partial charge is 0.257 e. The van der Waals surface area contributed by atoms with Crippen molar-refractivity contribution in [3.05, 3.63) is 60.9 Å². The van der Waals surface area contributed by atoms with Gasteiger partial charge in [-0.05, 0) is 43.2 Å². The van der Waals surface area contributed by atoms with Crippen molar-refractivity contribution in [2.24, 2.45) is 0 Å². The minimum atomic E-state index is -0.275. The van der Waals surface area contributed by atoms with Crippen LogP contribution in [0.4, 0.5) is 17.2 Å². The van der Waals surface area contributed by atoms with Crippen molar-refractivity contribution in [3.63, 3.8) is 0 Å². The summed E-state index contributed by atoms with van der Waals surface area (Å²) in [6, 6.07) is 10.8. The number of para-hydroxylation sites is 1. The summed E-state index contributed by atoms with van der Waals surface area (Å²) in [6.07, 6.45) is 4.37. The maximum absolute atomic E-state index is 13.3. The summed E-state index contributed by atoms with van der Waals surface area (Å²) < 4.78 is 13.6. The molecule has 3 N–H and O–H groups in total. The Balaban J connectivity index is 1.40. The minimum Gasteiger partial charge on any atom is -0.453 e. The highest BCUT2D eigenvalue weighted by atomic mass is 16.7. The minimum absolute atomic E-state index is 0.0185. The molecule has 0 radical (unpaired) electrons. The van der Waals surface area contributed by atoms with Gasteiger partial charge in [0.2, 0.25) is 12.7 Å². The van der Waals surface area contributed by atoms with Crippen LogP contribution >= 0.6 is 0 Å². The van der Waals surface area contributed by atoms with Gasteiger partial charge in [-0.25, -0.2) is 14.6 Å². The van der Waals surface area contributed by atoms with Crippen LogP contribution in [-0.4, -0.2) is 70.4 Å². The average molecular weight is 555 g/mol. The summed E-state index contributed by atoms with van der Waals surface area (Å²) in [5.74, 6) is 0.719. The van der Waals surface area contributed by atoms with E-state index >= 15 is 0 Å². The molecular weight excluding hydrogens is 524 g/mol. The van der Waals surface area contributed by atoms with Gasteiger partial charge in [0.1, 0.15) is 17.8 Å². The molecule has 0 unspecified atom stereocenters. The number of amides is 2. The molecule has 41 heavy (non-hydrogen) atoms. The van der Waals surface area contributed by atoms with Crippen LogP contribution in [-0.2, 0) is 4.79 Å². The van der Waals surface area contributed by atoms with Crippen LogP contribution in [0.15, 0.2) is 55.4 Å². The molecule has 2 aliphatic rings. The van der Waals surface area contributed by atoms with Crippen molar-refractivity contribution >= 4 is 40.0 Å². The molecule has 210 valence electrons. The molecule has 2 aliphatic heterocycles. The summed E-state index contributed by atoms with van der Waals surface area (Å²) >= 11 is 0. The molecule has 0 aliphatic carbocycles. The molecule has 12 nitrogen and oxygen atoms in total. The Morgan fingerprint density at radius 3 is 2.76 bits per heavy atom. The molecule has 0 bridgehead atoms. The average Bonchev–Trinajstić information content (AvgIpc) is 3.64. The number of aromatic nitrogens is 4. The number of carbonyl (C=O) groups is 2. The molecule has 4 heterocycles. The zero-order chi connectivity index (χ0) is 28.7. The molecular formula is C29H30N8O4. The fourth-order valence-corrected chi connectivity index (χ4v) is 5.45. The van der Waals surface area contributed by atoms with Gasteiger partial charge in [-0.2, -0.15) is 5.10 Å². The molecule has 2 aromatic carbocycles. The Hall–Kier alpha value is -5.13. The number of carbonyl (C=O) groups excluding carboxylic acids is 2. The van der Waals surface area contributed by atoms with Crippen LogP contribution in [0.25, 0.3) is 22.3 Å².